The van der Waals surface area contributed by atoms with E-state index in [2.05, 4.69) is 5.32 Å². The predicted octanol–water partition coefficient (Wildman–Crippen LogP) is 7.69. The lowest BCUT2D eigenvalue weighted by atomic mass is 10.1. The first-order chi connectivity index (χ1) is 15.8. The summed E-state index contributed by atoms with van der Waals surface area (Å²) in [7, 11) is 0. The number of nitriles is 1. The smallest absolute Gasteiger partial charge is 0.416 e. The molecule has 0 aliphatic carbocycles. The van der Waals surface area contributed by atoms with Gasteiger partial charge in [0.1, 0.15) is 11.5 Å². The number of nitrogens with one attached hydrogen (secondary N) is 2. The highest BCUT2D eigenvalue weighted by molar-refractivity contribution is 6.32. The highest BCUT2D eigenvalue weighted by Gasteiger charge is 2.37. The van der Waals surface area contributed by atoms with Crippen LogP contribution < -0.4 is 15.4 Å². The Balaban J connectivity index is 1.78. The molecule has 5 nitrogen and oxygen atoms in total. The lowest BCUT2D eigenvalue weighted by Crippen LogP contribution is -2.20. The number of carbonyl (C=O) groups is 1. The predicted molar refractivity (Wildman–Crippen MR) is 112 cm³/mol. The fourth-order valence-corrected chi connectivity index (χ4v) is 2.86. The van der Waals surface area contributed by atoms with Gasteiger partial charge in [0.15, 0.2) is 0 Å². The Morgan fingerprint density at radius 1 is 0.824 bits per heavy atom. The zero-order chi connectivity index (χ0) is 25.1. The second-order valence-electron chi connectivity index (χ2n) is 6.76. The minimum absolute atomic E-state index is 0.0466. The number of amides is 2. The molecule has 176 valence electrons. The number of hydrogen-bond donors (Lipinski definition) is 2. The first kappa shape index (κ1) is 24.7. The van der Waals surface area contributed by atoms with Gasteiger partial charge in [-0.25, -0.2) is 4.79 Å². The van der Waals surface area contributed by atoms with E-state index in [4.69, 9.17) is 21.6 Å². The van der Waals surface area contributed by atoms with Crippen molar-refractivity contribution in [3.8, 4) is 17.6 Å². The van der Waals surface area contributed by atoms with Gasteiger partial charge in [0.2, 0.25) is 0 Å². The van der Waals surface area contributed by atoms with Crippen LogP contribution in [0.2, 0.25) is 5.02 Å². The van der Waals surface area contributed by atoms with Crippen LogP contribution >= 0.6 is 11.6 Å². The largest absolute Gasteiger partial charge is 0.456 e. The summed E-state index contributed by atoms with van der Waals surface area (Å²) in [6.07, 6.45) is -10.1. The van der Waals surface area contributed by atoms with Gasteiger partial charge in [0.05, 0.1) is 27.8 Å². The van der Waals surface area contributed by atoms with Crippen molar-refractivity contribution in [1.82, 2.24) is 0 Å². The lowest BCUT2D eigenvalue weighted by molar-refractivity contribution is -0.143. The summed E-state index contributed by atoms with van der Waals surface area (Å²) in [6, 6.07) is 11.6. The van der Waals surface area contributed by atoms with Crippen molar-refractivity contribution in [3.63, 3.8) is 0 Å². The number of halogens is 7. The molecule has 3 rings (SSSR count). The van der Waals surface area contributed by atoms with E-state index in [1.54, 1.807) is 0 Å². The van der Waals surface area contributed by atoms with E-state index in [0.717, 1.165) is 0 Å². The molecule has 0 aliphatic heterocycles. The quantitative estimate of drug-likeness (QED) is 0.361. The van der Waals surface area contributed by atoms with E-state index in [-0.39, 0.29) is 22.5 Å². The van der Waals surface area contributed by atoms with E-state index < -0.39 is 35.2 Å². The number of carbonyl (C=O) groups excluding carboxylic acids is 1. The summed E-state index contributed by atoms with van der Waals surface area (Å²) in [5.74, 6) is 0.425. The van der Waals surface area contributed by atoms with Gasteiger partial charge in [-0.15, -0.1) is 0 Å². The number of hydrogen-bond acceptors (Lipinski definition) is 3. The van der Waals surface area contributed by atoms with Crippen LogP contribution in [0.4, 0.5) is 42.5 Å². The Morgan fingerprint density at radius 2 is 1.38 bits per heavy atom. The molecule has 0 atom stereocenters. The Morgan fingerprint density at radius 3 is 1.91 bits per heavy atom. The second-order valence-corrected chi connectivity index (χ2v) is 7.16. The summed E-state index contributed by atoms with van der Waals surface area (Å²) in [4.78, 5) is 12.2. The first-order valence-corrected chi connectivity index (χ1v) is 9.58. The maximum Gasteiger partial charge on any atom is 0.416 e. The summed E-state index contributed by atoms with van der Waals surface area (Å²) in [5.41, 5.74) is -3.35. The molecule has 0 aromatic heterocycles. The third-order valence-corrected chi connectivity index (χ3v) is 4.56. The zero-order valence-corrected chi connectivity index (χ0v) is 17.4. The zero-order valence-electron chi connectivity index (χ0n) is 16.7. The van der Waals surface area contributed by atoms with Gasteiger partial charge in [-0.1, -0.05) is 11.6 Å². The molecule has 0 radical (unpaired) electrons. The van der Waals surface area contributed by atoms with Crippen LogP contribution in [0.15, 0.2) is 60.7 Å². The molecule has 0 fully saturated rings. The number of anilines is 2. The van der Waals surface area contributed by atoms with Gasteiger partial charge in [-0.3, -0.25) is 0 Å². The number of urea groups is 1. The Labute approximate surface area is 193 Å². The van der Waals surface area contributed by atoms with Gasteiger partial charge in [-0.05, 0) is 54.6 Å². The molecule has 0 spiro atoms. The van der Waals surface area contributed by atoms with Crippen LogP contribution in [0.3, 0.4) is 0 Å². The van der Waals surface area contributed by atoms with Crippen LogP contribution in [0.5, 0.6) is 11.5 Å². The van der Waals surface area contributed by atoms with Crippen molar-refractivity contribution in [3.05, 3.63) is 82.4 Å². The van der Waals surface area contributed by atoms with Gasteiger partial charge in [-0.2, -0.15) is 31.6 Å². The summed E-state index contributed by atoms with van der Waals surface area (Å²) >= 11 is 6.07. The number of nitrogens with zero attached hydrogens (tertiary/aromatic N) is 1. The van der Waals surface area contributed by atoms with Crippen molar-refractivity contribution in [2.45, 2.75) is 12.4 Å². The summed E-state index contributed by atoms with van der Waals surface area (Å²) < 4.78 is 83.5. The Hall–Kier alpha value is -3.91. The molecule has 0 heterocycles. The number of ether oxygens (including phenoxy) is 1. The lowest BCUT2D eigenvalue weighted by Gasteiger charge is -2.15. The van der Waals surface area contributed by atoms with Crippen molar-refractivity contribution in [1.29, 1.82) is 5.26 Å². The second kappa shape index (κ2) is 9.52. The first-order valence-electron chi connectivity index (χ1n) is 9.20. The number of rotatable bonds is 4. The van der Waals surface area contributed by atoms with Crippen molar-refractivity contribution < 1.29 is 35.9 Å². The molecule has 2 N–H and O–H groups in total. The normalized spacial score (nSPS) is 11.5. The average Bonchev–Trinajstić information content (AvgIpc) is 2.75. The van der Waals surface area contributed by atoms with Gasteiger partial charge in [0, 0.05) is 17.4 Å². The maximum atomic E-state index is 13.0. The van der Waals surface area contributed by atoms with E-state index in [1.807, 2.05) is 11.4 Å². The summed E-state index contributed by atoms with van der Waals surface area (Å²) in [5, 5.41) is 13.2. The third kappa shape index (κ3) is 6.32. The fourth-order valence-electron chi connectivity index (χ4n) is 2.70. The fraction of sp³-hybridized carbons (Fsp3) is 0.0909. The molecule has 3 aromatic carbocycles. The van der Waals surface area contributed by atoms with E-state index in [9.17, 15) is 31.1 Å². The Bertz CT molecular complexity index is 1220. The van der Waals surface area contributed by atoms with Crippen molar-refractivity contribution >= 4 is 29.0 Å². The molecular weight excluding hydrogens is 488 g/mol. The minimum atomic E-state index is -5.05. The van der Waals surface area contributed by atoms with Crippen LogP contribution in [0, 0.1) is 11.3 Å². The van der Waals surface area contributed by atoms with Crippen LogP contribution in [0.1, 0.15) is 16.7 Å². The molecule has 0 bridgehead atoms. The third-order valence-electron chi connectivity index (χ3n) is 4.25. The van der Waals surface area contributed by atoms with Crippen molar-refractivity contribution in [2.24, 2.45) is 0 Å². The van der Waals surface area contributed by atoms with E-state index in [1.165, 1.54) is 42.5 Å². The topological polar surface area (TPSA) is 74.1 Å². The summed E-state index contributed by atoms with van der Waals surface area (Å²) in [6.45, 7) is 0. The number of benzene rings is 3. The van der Waals surface area contributed by atoms with Gasteiger partial charge >= 0.3 is 18.4 Å². The molecular formula is C22H12ClF6N3O2. The maximum absolute atomic E-state index is 13.0. The highest BCUT2D eigenvalue weighted by Crippen LogP contribution is 2.38. The number of alkyl halides is 6. The highest BCUT2D eigenvalue weighted by atomic mass is 35.5. The molecule has 2 amide bonds. The van der Waals surface area contributed by atoms with Gasteiger partial charge in [0.25, 0.3) is 0 Å². The molecule has 0 aliphatic rings. The minimum Gasteiger partial charge on any atom is -0.456 e. The standard InChI is InChI=1S/C22H12ClF6N3O2/c23-18-6-3-15(10-19(18)34-17-4-1-12(11-30)2-5-17)31-20(33)32-16-8-13(21(24,25)26)7-14(9-16)22(27,28)29/h1-10H,(H2,31,32,33). The van der Waals surface area contributed by atoms with Crippen molar-refractivity contribution in [2.75, 3.05) is 10.6 Å². The molecule has 3 aromatic rings. The monoisotopic (exact) mass is 499 g/mol. The SMILES string of the molecule is N#Cc1ccc(Oc2cc(NC(=O)Nc3cc(C(F)(F)F)cc(C(F)(F)F)c3)ccc2Cl)cc1. The molecule has 34 heavy (non-hydrogen) atoms. The van der Waals surface area contributed by atoms with E-state index >= 15 is 0 Å². The average molecular weight is 500 g/mol. The van der Waals surface area contributed by atoms with Gasteiger partial charge < -0.3 is 15.4 Å². The molecule has 0 saturated heterocycles. The Kier molecular flexibility index (Phi) is 6.93. The van der Waals surface area contributed by atoms with E-state index in [0.29, 0.717) is 23.4 Å². The van der Waals surface area contributed by atoms with Crippen LogP contribution in [-0.2, 0) is 12.4 Å². The molecule has 0 unspecified atom stereocenters. The van der Waals surface area contributed by atoms with Crippen LogP contribution in [0.25, 0.3) is 0 Å². The molecule has 12 heteroatoms. The van der Waals surface area contributed by atoms with Crippen LogP contribution in [-0.4, -0.2) is 6.03 Å². The molecule has 0 saturated carbocycles.